The highest BCUT2D eigenvalue weighted by Gasteiger charge is 2.06. The van der Waals surface area contributed by atoms with Gasteiger partial charge in [-0.1, -0.05) is 37.3 Å². The zero-order valence-electron chi connectivity index (χ0n) is 12.5. The van der Waals surface area contributed by atoms with Crippen LogP contribution in [0.1, 0.15) is 31.3 Å². The summed E-state index contributed by atoms with van der Waals surface area (Å²) >= 11 is 1.60. The molecule has 1 aromatic carbocycles. The highest BCUT2D eigenvalue weighted by Crippen LogP contribution is 2.19. The number of carbonyl (C=O) groups is 1. The van der Waals surface area contributed by atoms with Crippen LogP contribution in [0.3, 0.4) is 0 Å². The molecule has 0 aliphatic rings. The second kappa shape index (κ2) is 7.17. The average Bonchev–Trinajstić information content (AvgIpc) is 2.84. The van der Waals surface area contributed by atoms with Crippen molar-refractivity contribution in [2.24, 2.45) is 5.92 Å². The summed E-state index contributed by atoms with van der Waals surface area (Å²) in [6.45, 7) is 6.53. The highest BCUT2D eigenvalue weighted by molar-refractivity contribution is 7.15. The average molecular weight is 304 g/mol. The number of carbonyl (C=O) groups excluding carboxylic acids is 1. The number of anilines is 2. The molecule has 0 spiro atoms. The molecule has 1 heterocycles. The lowest BCUT2D eigenvalue weighted by atomic mass is 10.1. The number of aromatic nitrogens is 2. The van der Waals surface area contributed by atoms with Gasteiger partial charge in [0, 0.05) is 25.6 Å². The molecule has 0 atom stereocenters. The van der Waals surface area contributed by atoms with Crippen LogP contribution in [0.2, 0.25) is 0 Å². The van der Waals surface area contributed by atoms with Crippen molar-refractivity contribution < 1.29 is 4.79 Å². The predicted molar refractivity (Wildman–Crippen MR) is 86.5 cm³/mol. The van der Waals surface area contributed by atoms with Crippen molar-refractivity contribution >= 4 is 28.1 Å². The molecular formula is C15H20N4OS. The van der Waals surface area contributed by atoms with E-state index >= 15 is 0 Å². The fourth-order valence-electron chi connectivity index (χ4n) is 1.84. The molecule has 2 aromatic rings. The number of benzene rings is 1. The SMILES string of the molecule is CC(=O)Nc1ccc(CNc2nnc(CC(C)C)s2)cc1. The fraction of sp³-hybridized carbons (Fsp3) is 0.400. The molecule has 2 N–H and O–H groups in total. The largest absolute Gasteiger partial charge is 0.356 e. The van der Waals surface area contributed by atoms with Gasteiger partial charge >= 0.3 is 0 Å². The van der Waals surface area contributed by atoms with Crippen LogP contribution in [0.4, 0.5) is 10.8 Å². The molecule has 0 unspecified atom stereocenters. The smallest absolute Gasteiger partial charge is 0.221 e. The normalized spacial score (nSPS) is 10.7. The van der Waals surface area contributed by atoms with Crippen LogP contribution in [0, 0.1) is 5.92 Å². The predicted octanol–water partition coefficient (Wildman–Crippen LogP) is 3.31. The first kappa shape index (κ1) is 15.4. The Morgan fingerprint density at radius 2 is 1.95 bits per heavy atom. The molecule has 0 saturated heterocycles. The summed E-state index contributed by atoms with van der Waals surface area (Å²) in [5.41, 5.74) is 1.94. The third-order valence-corrected chi connectivity index (χ3v) is 3.67. The molecule has 1 aromatic heterocycles. The van der Waals surface area contributed by atoms with Crippen molar-refractivity contribution in [1.29, 1.82) is 0 Å². The van der Waals surface area contributed by atoms with Gasteiger partial charge in [0.15, 0.2) is 0 Å². The zero-order valence-corrected chi connectivity index (χ0v) is 13.3. The Balaban J connectivity index is 1.87. The van der Waals surface area contributed by atoms with Crippen molar-refractivity contribution in [3.8, 4) is 0 Å². The van der Waals surface area contributed by atoms with Gasteiger partial charge in [0.2, 0.25) is 11.0 Å². The lowest BCUT2D eigenvalue weighted by Gasteiger charge is -2.05. The topological polar surface area (TPSA) is 66.9 Å². The minimum absolute atomic E-state index is 0.0626. The van der Waals surface area contributed by atoms with Crippen molar-refractivity contribution in [3.05, 3.63) is 34.8 Å². The Morgan fingerprint density at radius 3 is 2.57 bits per heavy atom. The van der Waals surface area contributed by atoms with Gasteiger partial charge in [-0.15, -0.1) is 10.2 Å². The van der Waals surface area contributed by atoms with Crippen LogP contribution < -0.4 is 10.6 Å². The van der Waals surface area contributed by atoms with E-state index in [-0.39, 0.29) is 5.91 Å². The van der Waals surface area contributed by atoms with E-state index in [1.165, 1.54) is 6.92 Å². The molecule has 21 heavy (non-hydrogen) atoms. The van der Waals surface area contributed by atoms with E-state index in [1.807, 2.05) is 24.3 Å². The van der Waals surface area contributed by atoms with E-state index in [9.17, 15) is 4.79 Å². The summed E-state index contributed by atoms with van der Waals surface area (Å²) in [4.78, 5) is 11.0. The lowest BCUT2D eigenvalue weighted by Crippen LogP contribution is -2.06. The summed E-state index contributed by atoms with van der Waals surface area (Å²) in [5, 5.41) is 16.2. The second-order valence-corrected chi connectivity index (χ2v) is 6.39. The van der Waals surface area contributed by atoms with Gasteiger partial charge in [-0.3, -0.25) is 4.79 Å². The van der Waals surface area contributed by atoms with Crippen LogP contribution in [-0.4, -0.2) is 16.1 Å². The maximum Gasteiger partial charge on any atom is 0.221 e. The van der Waals surface area contributed by atoms with Gasteiger partial charge in [-0.25, -0.2) is 0 Å². The van der Waals surface area contributed by atoms with Crippen LogP contribution >= 0.6 is 11.3 Å². The van der Waals surface area contributed by atoms with Crippen molar-refractivity contribution in [1.82, 2.24) is 10.2 Å². The Kier molecular flexibility index (Phi) is 5.27. The molecule has 6 heteroatoms. The summed E-state index contributed by atoms with van der Waals surface area (Å²) in [6, 6.07) is 7.74. The summed E-state index contributed by atoms with van der Waals surface area (Å²) < 4.78 is 0. The summed E-state index contributed by atoms with van der Waals surface area (Å²) in [6.07, 6.45) is 0.963. The molecule has 0 fully saturated rings. The van der Waals surface area contributed by atoms with E-state index in [4.69, 9.17) is 0 Å². The maximum atomic E-state index is 11.0. The van der Waals surface area contributed by atoms with Crippen molar-refractivity contribution in [2.45, 2.75) is 33.7 Å². The quantitative estimate of drug-likeness (QED) is 0.859. The van der Waals surface area contributed by atoms with Gasteiger partial charge < -0.3 is 10.6 Å². The van der Waals surface area contributed by atoms with Gasteiger partial charge in [-0.2, -0.15) is 0 Å². The van der Waals surface area contributed by atoms with Crippen LogP contribution in [0.25, 0.3) is 0 Å². The van der Waals surface area contributed by atoms with E-state index in [0.29, 0.717) is 12.5 Å². The lowest BCUT2D eigenvalue weighted by molar-refractivity contribution is -0.114. The Hall–Kier alpha value is -1.95. The van der Waals surface area contributed by atoms with E-state index < -0.39 is 0 Å². The minimum Gasteiger partial charge on any atom is -0.356 e. The summed E-state index contributed by atoms with van der Waals surface area (Å²) in [5.74, 6) is 0.527. The second-order valence-electron chi connectivity index (χ2n) is 5.33. The molecule has 5 nitrogen and oxygen atoms in total. The fourth-order valence-corrected chi connectivity index (χ4v) is 2.79. The van der Waals surface area contributed by atoms with Crippen molar-refractivity contribution in [2.75, 3.05) is 10.6 Å². The molecule has 0 bridgehead atoms. The Bertz CT molecular complexity index is 592. The number of nitrogens with zero attached hydrogens (tertiary/aromatic N) is 2. The number of rotatable bonds is 6. The molecular weight excluding hydrogens is 284 g/mol. The minimum atomic E-state index is -0.0626. The molecule has 0 aliphatic heterocycles. The van der Waals surface area contributed by atoms with Gasteiger partial charge in [0.05, 0.1) is 0 Å². The maximum absolute atomic E-state index is 11.0. The first-order valence-corrected chi connectivity index (χ1v) is 7.77. The Labute approximate surface area is 128 Å². The zero-order chi connectivity index (χ0) is 15.2. The molecule has 0 aliphatic carbocycles. The van der Waals surface area contributed by atoms with Gasteiger partial charge in [-0.05, 0) is 23.6 Å². The molecule has 0 radical (unpaired) electrons. The van der Waals surface area contributed by atoms with E-state index in [2.05, 4.69) is 34.7 Å². The third kappa shape index (κ3) is 5.15. The number of amides is 1. The summed E-state index contributed by atoms with van der Waals surface area (Å²) in [7, 11) is 0. The van der Waals surface area contributed by atoms with Gasteiger partial charge in [0.1, 0.15) is 5.01 Å². The number of hydrogen-bond acceptors (Lipinski definition) is 5. The van der Waals surface area contributed by atoms with Crippen molar-refractivity contribution in [3.63, 3.8) is 0 Å². The van der Waals surface area contributed by atoms with E-state index in [0.717, 1.165) is 27.8 Å². The molecule has 0 saturated carbocycles. The molecule has 2 rings (SSSR count). The molecule has 112 valence electrons. The van der Waals surface area contributed by atoms with Crippen LogP contribution in [0.5, 0.6) is 0 Å². The van der Waals surface area contributed by atoms with Crippen LogP contribution in [0.15, 0.2) is 24.3 Å². The Morgan fingerprint density at radius 1 is 1.24 bits per heavy atom. The van der Waals surface area contributed by atoms with Gasteiger partial charge in [0.25, 0.3) is 0 Å². The first-order valence-electron chi connectivity index (χ1n) is 6.95. The number of nitrogens with one attached hydrogen (secondary N) is 2. The standard InChI is InChI=1S/C15H20N4OS/c1-10(2)8-14-18-19-15(21-14)16-9-12-4-6-13(7-5-12)17-11(3)20/h4-7,10H,8-9H2,1-3H3,(H,16,19)(H,17,20). The monoisotopic (exact) mass is 304 g/mol. The number of hydrogen-bond donors (Lipinski definition) is 2. The van der Waals surface area contributed by atoms with Crippen LogP contribution in [-0.2, 0) is 17.8 Å². The first-order chi connectivity index (χ1) is 10.0. The third-order valence-electron chi connectivity index (χ3n) is 2.77. The van der Waals surface area contributed by atoms with E-state index in [1.54, 1.807) is 11.3 Å². The molecule has 1 amide bonds. The highest BCUT2D eigenvalue weighted by atomic mass is 32.1.